The first-order valence-electron chi connectivity index (χ1n) is 13.9. The SMILES string of the molecule is CCOC(=O)c1ccc(-c2ccc(C=Nc3sc4c(c3C(=O)Nc3cc(C)cc(C)c3)CCCCCC4)o2)cc1. The van der Waals surface area contributed by atoms with Crippen LogP contribution in [0.2, 0.25) is 0 Å². The first-order chi connectivity index (χ1) is 19.4. The van der Waals surface area contributed by atoms with Crippen LogP contribution in [0.4, 0.5) is 10.7 Å². The van der Waals surface area contributed by atoms with E-state index in [0.717, 1.165) is 53.6 Å². The van der Waals surface area contributed by atoms with Crippen molar-refractivity contribution in [1.82, 2.24) is 0 Å². The number of hydrogen-bond acceptors (Lipinski definition) is 6. The summed E-state index contributed by atoms with van der Waals surface area (Å²) in [5.41, 5.74) is 6.18. The number of amides is 1. The van der Waals surface area contributed by atoms with E-state index in [0.29, 0.717) is 34.3 Å². The first-order valence-corrected chi connectivity index (χ1v) is 14.7. The van der Waals surface area contributed by atoms with E-state index in [9.17, 15) is 9.59 Å². The summed E-state index contributed by atoms with van der Waals surface area (Å²) in [7, 11) is 0. The fourth-order valence-corrected chi connectivity index (χ4v) is 6.39. The normalized spacial score (nSPS) is 13.5. The maximum absolute atomic E-state index is 13.7. The lowest BCUT2D eigenvalue weighted by Gasteiger charge is -2.12. The number of anilines is 1. The molecule has 6 nitrogen and oxygen atoms in total. The number of nitrogens with zero attached hydrogens (tertiary/aromatic N) is 1. The van der Waals surface area contributed by atoms with Gasteiger partial charge >= 0.3 is 5.97 Å². The summed E-state index contributed by atoms with van der Waals surface area (Å²) in [4.78, 5) is 31.7. The standard InChI is InChI=1S/C33H34N2O4S/c1-4-38-33(37)24-13-11-23(12-14-24)28-16-15-26(39-28)20-34-32-30(27-9-7-5-6-8-10-29(27)40-32)31(36)35-25-18-21(2)17-22(3)19-25/h11-20H,4-10H2,1-3H3,(H,35,36). The molecule has 0 bridgehead atoms. The average Bonchev–Trinajstić information content (AvgIpc) is 3.51. The number of benzene rings is 2. The van der Waals surface area contributed by atoms with Gasteiger partial charge in [0.15, 0.2) is 0 Å². The Hall–Kier alpha value is -3.97. The van der Waals surface area contributed by atoms with Gasteiger partial charge in [-0.05, 0) is 99.5 Å². The molecule has 2 aromatic heterocycles. The third-order valence-electron chi connectivity index (χ3n) is 6.98. The van der Waals surface area contributed by atoms with Crippen LogP contribution in [0.5, 0.6) is 0 Å². The van der Waals surface area contributed by atoms with Crippen LogP contribution in [0.3, 0.4) is 0 Å². The van der Waals surface area contributed by atoms with E-state index < -0.39 is 0 Å². The van der Waals surface area contributed by atoms with Crippen LogP contribution in [-0.4, -0.2) is 24.7 Å². The number of fused-ring (bicyclic) bond motifs is 1. The zero-order valence-corrected chi connectivity index (χ0v) is 24.0. The highest BCUT2D eigenvalue weighted by Crippen LogP contribution is 2.39. The Balaban J connectivity index is 1.41. The minimum atomic E-state index is -0.344. The maximum Gasteiger partial charge on any atom is 0.338 e. The molecule has 0 atom stereocenters. The molecule has 4 aromatic rings. The van der Waals surface area contributed by atoms with Crippen LogP contribution in [-0.2, 0) is 17.6 Å². The molecule has 0 spiro atoms. The molecule has 7 heteroatoms. The Morgan fingerprint density at radius 2 is 1.70 bits per heavy atom. The number of furan rings is 1. The molecule has 0 saturated heterocycles. The molecular weight excluding hydrogens is 520 g/mol. The van der Waals surface area contributed by atoms with Gasteiger partial charge in [-0.15, -0.1) is 11.3 Å². The van der Waals surface area contributed by atoms with E-state index >= 15 is 0 Å². The van der Waals surface area contributed by atoms with Gasteiger partial charge in [-0.25, -0.2) is 9.79 Å². The molecule has 0 saturated carbocycles. The van der Waals surface area contributed by atoms with E-state index in [1.165, 1.54) is 17.7 Å². The zero-order chi connectivity index (χ0) is 28.1. The molecule has 0 fully saturated rings. The molecule has 0 aliphatic heterocycles. The van der Waals surface area contributed by atoms with Gasteiger partial charge < -0.3 is 14.5 Å². The van der Waals surface area contributed by atoms with Crippen molar-refractivity contribution in [1.29, 1.82) is 0 Å². The van der Waals surface area contributed by atoms with Crippen molar-refractivity contribution in [2.24, 2.45) is 4.99 Å². The third kappa shape index (κ3) is 6.42. The van der Waals surface area contributed by atoms with Crippen molar-refractivity contribution in [3.63, 3.8) is 0 Å². The Morgan fingerprint density at radius 1 is 0.975 bits per heavy atom. The van der Waals surface area contributed by atoms with Gasteiger partial charge in [0.05, 0.1) is 23.9 Å². The number of aliphatic imine (C=N–C) groups is 1. The fourth-order valence-electron chi connectivity index (χ4n) is 5.16. The number of nitrogens with one attached hydrogen (secondary N) is 1. The highest BCUT2D eigenvalue weighted by molar-refractivity contribution is 7.16. The van der Waals surface area contributed by atoms with E-state index in [1.54, 1.807) is 36.6 Å². The van der Waals surface area contributed by atoms with Gasteiger partial charge in [0.1, 0.15) is 16.5 Å². The molecule has 2 heterocycles. The molecule has 1 N–H and O–H groups in total. The molecule has 1 aliphatic carbocycles. The van der Waals surface area contributed by atoms with Crippen molar-refractivity contribution < 1.29 is 18.7 Å². The molecule has 5 rings (SSSR count). The van der Waals surface area contributed by atoms with Crippen molar-refractivity contribution >= 4 is 40.1 Å². The Labute approximate surface area is 239 Å². The number of rotatable bonds is 7. The molecule has 206 valence electrons. The van der Waals surface area contributed by atoms with Crippen molar-refractivity contribution in [2.45, 2.75) is 59.3 Å². The minimum Gasteiger partial charge on any atom is -0.462 e. The molecule has 0 unspecified atom stereocenters. The van der Waals surface area contributed by atoms with Crippen LogP contribution in [0, 0.1) is 13.8 Å². The van der Waals surface area contributed by atoms with E-state index in [-0.39, 0.29) is 11.9 Å². The second-order valence-electron chi connectivity index (χ2n) is 10.2. The molecular formula is C33H34N2O4S. The third-order valence-corrected chi connectivity index (χ3v) is 8.18. The van der Waals surface area contributed by atoms with E-state index in [4.69, 9.17) is 14.1 Å². The average molecular weight is 555 g/mol. The molecule has 40 heavy (non-hydrogen) atoms. The lowest BCUT2D eigenvalue weighted by molar-refractivity contribution is 0.0526. The lowest BCUT2D eigenvalue weighted by Crippen LogP contribution is -2.14. The summed E-state index contributed by atoms with van der Waals surface area (Å²) in [5.74, 6) is 0.801. The summed E-state index contributed by atoms with van der Waals surface area (Å²) in [5, 5.41) is 3.85. The Kier molecular flexibility index (Phi) is 8.60. The first kappa shape index (κ1) is 27.6. The predicted octanol–water partition coefficient (Wildman–Crippen LogP) is 8.46. The number of thiophene rings is 1. The Bertz CT molecular complexity index is 1520. The van der Waals surface area contributed by atoms with Crippen LogP contribution in [0.1, 0.15) is 80.7 Å². The van der Waals surface area contributed by atoms with Crippen LogP contribution < -0.4 is 5.32 Å². The number of aryl methyl sites for hydroxylation is 3. The van der Waals surface area contributed by atoms with E-state index in [2.05, 4.69) is 11.4 Å². The van der Waals surface area contributed by atoms with Crippen molar-refractivity contribution in [3.8, 4) is 11.3 Å². The Morgan fingerprint density at radius 3 is 2.42 bits per heavy atom. The largest absolute Gasteiger partial charge is 0.462 e. The summed E-state index contributed by atoms with van der Waals surface area (Å²) < 4.78 is 11.1. The molecule has 0 radical (unpaired) electrons. The van der Waals surface area contributed by atoms with Gasteiger partial charge in [0.2, 0.25) is 0 Å². The fraction of sp³-hybridized carbons (Fsp3) is 0.303. The van der Waals surface area contributed by atoms with Gasteiger partial charge in [-0.3, -0.25) is 4.79 Å². The highest BCUT2D eigenvalue weighted by atomic mass is 32.1. The molecule has 2 aromatic carbocycles. The number of esters is 1. The van der Waals surface area contributed by atoms with Gasteiger partial charge in [0, 0.05) is 16.1 Å². The monoisotopic (exact) mass is 554 g/mol. The molecule has 1 amide bonds. The van der Waals surface area contributed by atoms with Crippen molar-refractivity contribution in [2.75, 3.05) is 11.9 Å². The quantitative estimate of drug-likeness (QED) is 0.184. The van der Waals surface area contributed by atoms with Gasteiger partial charge in [0.25, 0.3) is 5.91 Å². The smallest absolute Gasteiger partial charge is 0.338 e. The van der Waals surface area contributed by atoms with Gasteiger partial charge in [-0.1, -0.05) is 31.0 Å². The predicted molar refractivity (Wildman–Crippen MR) is 161 cm³/mol. The summed E-state index contributed by atoms with van der Waals surface area (Å²) in [6.07, 6.45) is 8.16. The summed E-state index contributed by atoms with van der Waals surface area (Å²) in [6.45, 7) is 6.19. The minimum absolute atomic E-state index is 0.114. The number of ether oxygens (including phenoxy) is 1. The van der Waals surface area contributed by atoms with Crippen LogP contribution in [0.25, 0.3) is 11.3 Å². The maximum atomic E-state index is 13.7. The lowest BCUT2D eigenvalue weighted by atomic mass is 9.96. The van der Waals surface area contributed by atoms with Crippen LogP contribution >= 0.6 is 11.3 Å². The topological polar surface area (TPSA) is 80.9 Å². The van der Waals surface area contributed by atoms with E-state index in [1.807, 2.05) is 50.2 Å². The number of hydrogen-bond donors (Lipinski definition) is 1. The summed E-state index contributed by atoms with van der Waals surface area (Å²) in [6, 6.07) is 16.9. The number of carbonyl (C=O) groups is 2. The highest BCUT2D eigenvalue weighted by Gasteiger charge is 2.24. The second kappa shape index (κ2) is 12.5. The van der Waals surface area contributed by atoms with Crippen molar-refractivity contribution in [3.05, 3.63) is 93.1 Å². The molecule has 1 aliphatic rings. The van der Waals surface area contributed by atoms with Gasteiger partial charge in [-0.2, -0.15) is 0 Å². The summed E-state index contributed by atoms with van der Waals surface area (Å²) >= 11 is 1.62. The number of carbonyl (C=O) groups excluding carboxylic acids is 2. The second-order valence-corrected chi connectivity index (χ2v) is 11.3. The zero-order valence-electron chi connectivity index (χ0n) is 23.2. The van der Waals surface area contributed by atoms with Crippen LogP contribution in [0.15, 0.2) is 64.0 Å².